The van der Waals surface area contributed by atoms with E-state index in [-0.39, 0.29) is 27.6 Å². The quantitative estimate of drug-likeness (QED) is 0.830. The number of carbonyl (C=O) groups is 1. The Morgan fingerprint density at radius 3 is 2.16 bits per heavy atom. The van der Waals surface area contributed by atoms with Crippen LogP contribution in [0.25, 0.3) is 10.8 Å². The van der Waals surface area contributed by atoms with Gasteiger partial charge in [-0.2, -0.15) is 15.8 Å². The summed E-state index contributed by atoms with van der Waals surface area (Å²) in [5, 5.41) is 36.6. The number of nitriles is 3. The molecule has 2 aromatic carbocycles. The van der Waals surface area contributed by atoms with Crippen LogP contribution < -0.4 is 0 Å². The van der Waals surface area contributed by atoms with E-state index in [1.807, 2.05) is 18.2 Å². The van der Waals surface area contributed by atoms with Crippen molar-refractivity contribution in [3.63, 3.8) is 0 Å². The van der Waals surface area contributed by atoms with Crippen molar-refractivity contribution in [2.45, 2.75) is 0 Å². The average molecular weight is 247 g/mol. The molecule has 0 heterocycles. The van der Waals surface area contributed by atoms with Crippen LogP contribution in [0.1, 0.15) is 27.0 Å². The second-order valence-electron chi connectivity index (χ2n) is 3.75. The third-order valence-corrected chi connectivity index (χ3v) is 2.71. The Morgan fingerprint density at radius 1 is 1.00 bits per heavy atom. The van der Waals surface area contributed by atoms with Crippen LogP contribution in [0.15, 0.2) is 24.3 Å². The highest BCUT2D eigenvalue weighted by Gasteiger charge is 2.16. The first kappa shape index (κ1) is 12.1. The van der Waals surface area contributed by atoms with E-state index in [1.165, 1.54) is 24.3 Å². The van der Waals surface area contributed by atoms with Crippen molar-refractivity contribution in [3.8, 4) is 18.2 Å². The van der Waals surface area contributed by atoms with E-state index in [2.05, 4.69) is 0 Å². The molecule has 0 bridgehead atoms. The Morgan fingerprint density at radius 2 is 1.63 bits per heavy atom. The molecule has 0 amide bonds. The highest BCUT2D eigenvalue weighted by molar-refractivity contribution is 6.08. The summed E-state index contributed by atoms with van der Waals surface area (Å²) in [6.45, 7) is 0. The van der Waals surface area contributed by atoms with E-state index < -0.39 is 5.97 Å². The van der Waals surface area contributed by atoms with Gasteiger partial charge in [-0.1, -0.05) is 0 Å². The smallest absolute Gasteiger partial charge is 0.336 e. The summed E-state index contributed by atoms with van der Waals surface area (Å²) < 4.78 is 0. The van der Waals surface area contributed by atoms with Gasteiger partial charge in [-0.3, -0.25) is 0 Å². The minimum atomic E-state index is -1.24. The number of carboxylic acids is 1. The lowest BCUT2D eigenvalue weighted by Gasteiger charge is -2.07. The molecule has 0 saturated heterocycles. The first-order valence-electron chi connectivity index (χ1n) is 5.16. The molecule has 0 radical (unpaired) electrons. The second kappa shape index (κ2) is 4.49. The molecule has 0 unspecified atom stereocenters. The minimum absolute atomic E-state index is 0.136. The molecular formula is C14H5N3O2. The molecule has 0 aromatic heterocycles. The Labute approximate surface area is 108 Å². The highest BCUT2D eigenvalue weighted by Crippen LogP contribution is 2.27. The van der Waals surface area contributed by atoms with Gasteiger partial charge < -0.3 is 5.11 Å². The standard InChI is InChI=1S/C14H5N3O2/c15-5-8-3-11-9(6-16)1-2-10(7-17)13(11)12(4-8)14(18)19/h1-4H,(H,18,19). The molecule has 0 atom stereocenters. The van der Waals surface area contributed by atoms with Crippen LogP contribution in [-0.4, -0.2) is 11.1 Å². The number of carboxylic acid groups (broad SMARTS) is 1. The predicted molar refractivity (Wildman–Crippen MR) is 65.1 cm³/mol. The first-order valence-corrected chi connectivity index (χ1v) is 5.16. The van der Waals surface area contributed by atoms with Gasteiger partial charge in [-0.05, 0) is 24.3 Å². The number of rotatable bonds is 1. The third kappa shape index (κ3) is 1.84. The maximum Gasteiger partial charge on any atom is 0.336 e. The Bertz CT molecular complexity index is 833. The van der Waals surface area contributed by atoms with Crippen molar-refractivity contribution in [1.82, 2.24) is 0 Å². The lowest BCUT2D eigenvalue weighted by molar-refractivity contribution is 0.0699. The summed E-state index contributed by atoms with van der Waals surface area (Å²) in [6.07, 6.45) is 0. The average Bonchev–Trinajstić information content (AvgIpc) is 2.44. The first-order chi connectivity index (χ1) is 9.12. The molecule has 0 fully saturated rings. The fourth-order valence-electron chi connectivity index (χ4n) is 1.91. The summed E-state index contributed by atoms with van der Waals surface area (Å²) in [7, 11) is 0. The maximum atomic E-state index is 11.2. The van der Waals surface area contributed by atoms with Gasteiger partial charge in [0.15, 0.2) is 0 Å². The van der Waals surface area contributed by atoms with Gasteiger partial charge in [0.2, 0.25) is 0 Å². The van der Waals surface area contributed by atoms with Crippen LogP contribution in [0.2, 0.25) is 0 Å². The van der Waals surface area contributed by atoms with Crippen molar-refractivity contribution < 1.29 is 9.90 Å². The van der Waals surface area contributed by atoms with E-state index >= 15 is 0 Å². The molecule has 2 aromatic rings. The Balaban J connectivity index is 3.10. The van der Waals surface area contributed by atoms with Gasteiger partial charge in [-0.25, -0.2) is 4.79 Å². The normalized spacial score (nSPS) is 9.32. The van der Waals surface area contributed by atoms with Crippen molar-refractivity contribution in [3.05, 3.63) is 46.5 Å². The van der Waals surface area contributed by atoms with E-state index in [0.717, 1.165) is 0 Å². The van der Waals surface area contributed by atoms with Crippen LogP contribution in [0.4, 0.5) is 0 Å². The van der Waals surface area contributed by atoms with Crippen LogP contribution in [0.5, 0.6) is 0 Å². The molecule has 5 nitrogen and oxygen atoms in total. The van der Waals surface area contributed by atoms with E-state index in [0.29, 0.717) is 5.39 Å². The van der Waals surface area contributed by atoms with Crippen LogP contribution in [0.3, 0.4) is 0 Å². The van der Waals surface area contributed by atoms with Gasteiger partial charge in [0.1, 0.15) is 0 Å². The molecule has 1 N–H and O–H groups in total. The van der Waals surface area contributed by atoms with Gasteiger partial charge in [-0.15, -0.1) is 0 Å². The second-order valence-corrected chi connectivity index (χ2v) is 3.75. The zero-order valence-corrected chi connectivity index (χ0v) is 9.51. The minimum Gasteiger partial charge on any atom is -0.478 e. The third-order valence-electron chi connectivity index (χ3n) is 2.71. The molecule has 5 heteroatoms. The topological polar surface area (TPSA) is 109 Å². The number of nitrogens with zero attached hydrogens (tertiary/aromatic N) is 3. The lowest BCUT2D eigenvalue weighted by Crippen LogP contribution is -2.01. The molecule has 88 valence electrons. The zero-order valence-electron chi connectivity index (χ0n) is 9.51. The van der Waals surface area contributed by atoms with Crippen LogP contribution >= 0.6 is 0 Å². The summed E-state index contributed by atoms with van der Waals surface area (Å²) in [6, 6.07) is 11.1. The fourth-order valence-corrected chi connectivity index (χ4v) is 1.91. The molecule has 0 aliphatic rings. The zero-order chi connectivity index (χ0) is 14.0. The summed E-state index contributed by atoms with van der Waals surface area (Å²) in [5.74, 6) is -1.24. The van der Waals surface area contributed by atoms with Crippen molar-refractivity contribution in [1.29, 1.82) is 15.8 Å². The molecular weight excluding hydrogens is 242 g/mol. The largest absolute Gasteiger partial charge is 0.478 e. The maximum absolute atomic E-state index is 11.2. The van der Waals surface area contributed by atoms with E-state index in [9.17, 15) is 9.90 Å². The lowest BCUT2D eigenvalue weighted by atomic mass is 9.94. The molecule has 0 aliphatic heterocycles. The molecule has 0 saturated carbocycles. The van der Waals surface area contributed by atoms with Gasteiger partial charge in [0, 0.05) is 10.8 Å². The van der Waals surface area contributed by atoms with E-state index in [1.54, 1.807) is 0 Å². The van der Waals surface area contributed by atoms with Crippen molar-refractivity contribution >= 4 is 16.7 Å². The Hall–Kier alpha value is -3.36. The van der Waals surface area contributed by atoms with Crippen molar-refractivity contribution in [2.24, 2.45) is 0 Å². The number of aromatic carboxylic acids is 1. The van der Waals surface area contributed by atoms with Crippen LogP contribution in [0, 0.1) is 34.0 Å². The summed E-state index contributed by atoms with van der Waals surface area (Å²) in [5.41, 5.74) is 0.378. The summed E-state index contributed by atoms with van der Waals surface area (Å²) >= 11 is 0. The SMILES string of the molecule is N#Cc1cc(C(=O)O)c2c(C#N)ccc(C#N)c2c1. The monoisotopic (exact) mass is 247 g/mol. The molecule has 19 heavy (non-hydrogen) atoms. The predicted octanol–water partition coefficient (Wildman–Crippen LogP) is 2.15. The highest BCUT2D eigenvalue weighted by atomic mass is 16.4. The fraction of sp³-hybridized carbons (Fsp3) is 0. The Kier molecular flexibility index (Phi) is 2.86. The number of hydrogen-bond acceptors (Lipinski definition) is 4. The summed E-state index contributed by atoms with van der Waals surface area (Å²) in [4.78, 5) is 11.2. The van der Waals surface area contributed by atoms with Crippen molar-refractivity contribution in [2.75, 3.05) is 0 Å². The molecule has 0 spiro atoms. The van der Waals surface area contributed by atoms with Gasteiger partial charge in [0.25, 0.3) is 0 Å². The molecule has 2 rings (SSSR count). The molecule has 0 aliphatic carbocycles. The number of fused-ring (bicyclic) bond motifs is 1. The number of benzene rings is 2. The van der Waals surface area contributed by atoms with Gasteiger partial charge in [0.05, 0.1) is 40.5 Å². The van der Waals surface area contributed by atoms with Crippen LogP contribution in [-0.2, 0) is 0 Å². The number of hydrogen-bond donors (Lipinski definition) is 1. The van der Waals surface area contributed by atoms with E-state index in [4.69, 9.17) is 15.8 Å². The van der Waals surface area contributed by atoms with Gasteiger partial charge >= 0.3 is 5.97 Å².